The van der Waals surface area contributed by atoms with Crippen LogP contribution in [0.1, 0.15) is 12.8 Å². The Bertz CT molecular complexity index is 124. The standard InChI is InChI=1S/C4H10O4S2.Zn/c5-9(6)3-1-2-4-10(7)8;/h1-4H2,(H,5,6)(H,7,8);/q;+2/p-2. The predicted molar refractivity (Wildman–Crippen MR) is 36.8 cm³/mol. The Labute approximate surface area is 83.5 Å². The van der Waals surface area contributed by atoms with Crippen LogP contribution in [-0.4, -0.2) is 29.0 Å². The summed E-state index contributed by atoms with van der Waals surface area (Å²) in [6.07, 6.45) is 0.841. The molecule has 0 aliphatic heterocycles. The first kappa shape index (κ1) is 14.4. The quantitative estimate of drug-likeness (QED) is 0.375. The minimum Gasteiger partial charge on any atom is -0.772 e. The molecular formula is C4H8O4S2Zn. The molecule has 2 unspecified atom stereocenters. The summed E-state index contributed by atoms with van der Waals surface area (Å²) < 4.78 is 39.6. The van der Waals surface area contributed by atoms with E-state index in [4.69, 9.17) is 0 Å². The van der Waals surface area contributed by atoms with Crippen LogP contribution in [0.3, 0.4) is 0 Å². The van der Waals surface area contributed by atoms with Crippen molar-refractivity contribution in [1.29, 1.82) is 0 Å². The molecule has 7 heteroatoms. The molecule has 0 radical (unpaired) electrons. The van der Waals surface area contributed by atoms with Crippen molar-refractivity contribution in [2.75, 3.05) is 11.5 Å². The number of hydrogen-bond acceptors (Lipinski definition) is 4. The van der Waals surface area contributed by atoms with Crippen molar-refractivity contribution in [2.45, 2.75) is 12.8 Å². The molecule has 0 aliphatic rings. The van der Waals surface area contributed by atoms with E-state index in [2.05, 4.69) is 0 Å². The van der Waals surface area contributed by atoms with Crippen molar-refractivity contribution in [2.24, 2.45) is 0 Å². The molecule has 0 aliphatic carbocycles. The fourth-order valence-corrected chi connectivity index (χ4v) is 1.32. The van der Waals surface area contributed by atoms with Gasteiger partial charge in [0.1, 0.15) is 0 Å². The third kappa shape index (κ3) is 13.8. The molecule has 0 saturated carbocycles. The van der Waals surface area contributed by atoms with E-state index in [1.807, 2.05) is 0 Å². The molecule has 0 heterocycles. The second-order valence-electron chi connectivity index (χ2n) is 1.72. The maximum Gasteiger partial charge on any atom is 2.00 e. The Kier molecular flexibility index (Phi) is 11.7. The summed E-state index contributed by atoms with van der Waals surface area (Å²) in [5.41, 5.74) is 0. The van der Waals surface area contributed by atoms with Gasteiger partial charge in [-0.3, -0.25) is 8.42 Å². The topological polar surface area (TPSA) is 80.3 Å². The minimum absolute atomic E-state index is 0. The summed E-state index contributed by atoms with van der Waals surface area (Å²) in [5.74, 6) is 0.106. The summed E-state index contributed by atoms with van der Waals surface area (Å²) >= 11 is -4.06. The Morgan fingerprint density at radius 1 is 0.909 bits per heavy atom. The average molecular weight is 250 g/mol. The van der Waals surface area contributed by atoms with Gasteiger partial charge < -0.3 is 9.11 Å². The van der Waals surface area contributed by atoms with Gasteiger partial charge in [0.05, 0.1) is 0 Å². The van der Waals surface area contributed by atoms with Crippen molar-refractivity contribution in [3.8, 4) is 0 Å². The van der Waals surface area contributed by atoms with E-state index in [0.29, 0.717) is 12.8 Å². The van der Waals surface area contributed by atoms with E-state index < -0.39 is 22.2 Å². The zero-order valence-corrected chi connectivity index (χ0v) is 10.6. The van der Waals surface area contributed by atoms with Crippen LogP contribution in [0, 0.1) is 0 Å². The normalized spacial score (nSPS) is 15.1. The number of rotatable bonds is 5. The van der Waals surface area contributed by atoms with Crippen molar-refractivity contribution in [3.63, 3.8) is 0 Å². The van der Waals surface area contributed by atoms with Gasteiger partial charge in [-0.25, -0.2) is 0 Å². The summed E-state index contributed by atoms with van der Waals surface area (Å²) in [6, 6.07) is 0. The molecule has 0 N–H and O–H groups in total. The van der Waals surface area contributed by atoms with Gasteiger partial charge in [-0.05, 0) is 12.8 Å². The van der Waals surface area contributed by atoms with Crippen LogP contribution in [0.2, 0.25) is 0 Å². The maximum absolute atomic E-state index is 9.89. The molecule has 0 spiro atoms. The van der Waals surface area contributed by atoms with Gasteiger partial charge in [0.2, 0.25) is 0 Å². The SMILES string of the molecule is O=S([O-])CCCCS(=O)[O-].[Zn+2]. The van der Waals surface area contributed by atoms with Crippen LogP contribution in [0.4, 0.5) is 0 Å². The molecular weight excluding hydrogens is 242 g/mol. The van der Waals surface area contributed by atoms with Crippen molar-refractivity contribution in [1.82, 2.24) is 0 Å². The third-order valence-electron chi connectivity index (χ3n) is 0.872. The zero-order valence-electron chi connectivity index (χ0n) is 5.99. The van der Waals surface area contributed by atoms with Gasteiger partial charge in [0.25, 0.3) is 0 Å². The fourth-order valence-electron chi connectivity index (χ4n) is 0.440. The molecule has 0 aromatic carbocycles. The van der Waals surface area contributed by atoms with E-state index in [1.165, 1.54) is 0 Å². The Morgan fingerprint density at radius 2 is 1.18 bits per heavy atom. The number of unbranched alkanes of at least 4 members (excludes halogenated alkanes) is 1. The van der Waals surface area contributed by atoms with E-state index in [-0.39, 0.29) is 31.0 Å². The van der Waals surface area contributed by atoms with Crippen LogP contribution in [0.5, 0.6) is 0 Å². The molecule has 0 aromatic rings. The summed E-state index contributed by atoms with van der Waals surface area (Å²) in [6.45, 7) is 0. The Balaban J connectivity index is 0. The first-order valence-corrected chi connectivity index (χ1v) is 5.23. The van der Waals surface area contributed by atoms with E-state index in [0.717, 1.165) is 0 Å². The smallest absolute Gasteiger partial charge is 0.772 e. The van der Waals surface area contributed by atoms with E-state index in [1.54, 1.807) is 0 Å². The van der Waals surface area contributed by atoms with Gasteiger partial charge in [0.15, 0.2) is 0 Å². The summed E-state index contributed by atoms with van der Waals surface area (Å²) in [4.78, 5) is 0. The first-order valence-electron chi connectivity index (χ1n) is 2.74. The van der Waals surface area contributed by atoms with Gasteiger partial charge >= 0.3 is 19.5 Å². The molecule has 0 fully saturated rings. The van der Waals surface area contributed by atoms with Crippen LogP contribution in [0.15, 0.2) is 0 Å². The molecule has 0 saturated heterocycles. The van der Waals surface area contributed by atoms with E-state index in [9.17, 15) is 17.5 Å². The molecule has 2 atom stereocenters. The minimum atomic E-state index is -2.03. The molecule has 11 heavy (non-hydrogen) atoms. The molecule has 0 rings (SSSR count). The predicted octanol–water partition coefficient (Wildman–Crippen LogP) is -0.478. The number of hydrogen-bond donors (Lipinski definition) is 0. The molecule has 62 valence electrons. The van der Waals surface area contributed by atoms with Crippen molar-refractivity contribution in [3.05, 3.63) is 0 Å². The van der Waals surface area contributed by atoms with Gasteiger partial charge in [-0.15, -0.1) is 0 Å². The summed E-state index contributed by atoms with van der Waals surface area (Å²) in [5, 5.41) is 0. The fraction of sp³-hybridized carbons (Fsp3) is 1.00. The first-order chi connectivity index (χ1) is 4.63. The molecule has 0 amide bonds. The zero-order chi connectivity index (χ0) is 7.98. The Hall–Kier alpha value is 0.843. The van der Waals surface area contributed by atoms with Crippen LogP contribution >= 0.6 is 0 Å². The van der Waals surface area contributed by atoms with Crippen LogP contribution in [-0.2, 0) is 41.6 Å². The van der Waals surface area contributed by atoms with E-state index >= 15 is 0 Å². The second kappa shape index (κ2) is 8.94. The van der Waals surface area contributed by atoms with Gasteiger partial charge in [0, 0.05) is 11.5 Å². The summed E-state index contributed by atoms with van der Waals surface area (Å²) in [7, 11) is 0. The van der Waals surface area contributed by atoms with Crippen LogP contribution in [0.25, 0.3) is 0 Å². The molecule has 0 aromatic heterocycles. The van der Waals surface area contributed by atoms with Crippen molar-refractivity contribution >= 4 is 22.2 Å². The van der Waals surface area contributed by atoms with Crippen LogP contribution < -0.4 is 0 Å². The second-order valence-corrected chi connectivity index (χ2v) is 3.75. The monoisotopic (exact) mass is 248 g/mol. The molecule has 0 bridgehead atoms. The third-order valence-corrected chi connectivity index (χ3v) is 2.12. The van der Waals surface area contributed by atoms with Gasteiger partial charge in [-0.1, -0.05) is 22.2 Å². The van der Waals surface area contributed by atoms with Crippen molar-refractivity contribution < 1.29 is 37.0 Å². The van der Waals surface area contributed by atoms with Gasteiger partial charge in [-0.2, -0.15) is 0 Å². The Morgan fingerprint density at radius 3 is 1.36 bits per heavy atom. The maximum atomic E-state index is 9.89. The largest absolute Gasteiger partial charge is 2.00 e. The molecule has 4 nitrogen and oxygen atoms in total. The average Bonchev–Trinajstić information content (AvgIpc) is 1.79.